The van der Waals surface area contributed by atoms with Crippen LogP contribution >= 0.6 is 0 Å². The van der Waals surface area contributed by atoms with Crippen LogP contribution in [0.3, 0.4) is 0 Å². The molecule has 2 aromatic heterocycles. The zero-order valence-electron chi connectivity index (χ0n) is 13.9. The lowest BCUT2D eigenvalue weighted by molar-refractivity contribution is 0.0940. The van der Waals surface area contributed by atoms with Gasteiger partial charge in [0.15, 0.2) is 0 Å². The summed E-state index contributed by atoms with van der Waals surface area (Å²) in [6, 6.07) is 10.9. The van der Waals surface area contributed by atoms with Crippen LogP contribution in [0.25, 0.3) is 0 Å². The van der Waals surface area contributed by atoms with Gasteiger partial charge in [0.05, 0.1) is 23.0 Å². The second kappa shape index (κ2) is 7.17. The molecule has 0 unspecified atom stereocenters. The number of benzene rings is 1. The van der Waals surface area contributed by atoms with E-state index in [1.807, 2.05) is 6.07 Å². The van der Waals surface area contributed by atoms with Crippen molar-refractivity contribution in [1.82, 2.24) is 20.3 Å². The van der Waals surface area contributed by atoms with E-state index in [9.17, 15) is 9.18 Å². The van der Waals surface area contributed by atoms with Gasteiger partial charge in [-0.2, -0.15) is 0 Å². The normalized spacial score (nSPS) is 11.8. The first-order valence-electron chi connectivity index (χ1n) is 7.82. The summed E-state index contributed by atoms with van der Waals surface area (Å²) >= 11 is 0. The zero-order valence-corrected chi connectivity index (χ0v) is 13.9. The number of amides is 1. The lowest BCUT2D eigenvalue weighted by Crippen LogP contribution is -2.30. The summed E-state index contributed by atoms with van der Waals surface area (Å²) in [5, 5.41) is 2.91. The van der Waals surface area contributed by atoms with Crippen LogP contribution in [0, 0.1) is 19.7 Å². The second-order valence-electron chi connectivity index (χ2n) is 5.63. The molecule has 1 amide bonds. The first-order chi connectivity index (χ1) is 12.0. The van der Waals surface area contributed by atoms with E-state index >= 15 is 0 Å². The van der Waals surface area contributed by atoms with Crippen LogP contribution < -0.4 is 5.32 Å². The van der Waals surface area contributed by atoms with Gasteiger partial charge in [-0.05, 0) is 43.7 Å². The van der Waals surface area contributed by atoms with Crippen molar-refractivity contribution in [2.24, 2.45) is 0 Å². The number of carbonyl (C=O) groups is 1. The van der Waals surface area contributed by atoms with Crippen LogP contribution in [0.2, 0.25) is 0 Å². The number of aryl methyl sites for hydroxylation is 2. The maximum absolute atomic E-state index is 13.7. The molecule has 0 saturated heterocycles. The molecule has 6 heteroatoms. The first-order valence-corrected chi connectivity index (χ1v) is 7.82. The average molecular weight is 336 g/mol. The molecule has 25 heavy (non-hydrogen) atoms. The van der Waals surface area contributed by atoms with Crippen molar-refractivity contribution in [2.45, 2.75) is 19.9 Å². The van der Waals surface area contributed by atoms with Crippen LogP contribution in [0.5, 0.6) is 0 Å². The van der Waals surface area contributed by atoms with Gasteiger partial charge in [-0.15, -0.1) is 0 Å². The van der Waals surface area contributed by atoms with Gasteiger partial charge in [-0.1, -0.05) is 18.2 Å². The maximum atomic E-state index is 13.7. The Morgan fingerprint density at radius 2 is 1.96 bits per heavy atom. The smallest absolute Gasteiger partial charge is 0.255 e. The number of rotatable bonds is 4. The largest absolute Gasteiger partial charge is 0.339 e. The third-order valence-electron chi connectivity index (χ3n) is 3.79. The Morgan fingerprint density at radius 1 is 1.12 bits per heavy atom. The molecular weight excluding hydrogens is 319 g/mol. The standard InChI is InChI=1S/C19H17FN4O/c1-12-16(11-22-13(2)23-12)19(25)24-18(17-8-3-4-9-21-17)14-6-5-7-15(20)10-14/h3-11,18H,1-2H3,(H,24,25)/t18-/m0/s1. The number of halogens is 1. The topological polar surface area (TPSA) is 67.8 Å². The van der Waals surface area contributed by atoms with Gasteiger partial charge in [0.25, 0.3) is 5.91 Å². The molecule has 0 aliphatic carbocycles. The molecule has 0 aliphatic rings. The van der Waals surface area contributed by atoms with Crippen LogP contribution in [-0.4, -0.2) is 20.9 Å². The van der Waals surface area contributed by atoms with Crippen molar-refractivity contribution in [3.8, 4) is 0 Å². The highest BCUT2D eigenvalue weighted by molar-refractivity contribution is 5.95. The zero-order chi connectivity index (χ0) is 17.8. The fraction of sp³-hybridized carbons (Fsp3) is 0.158. The summed E-state index contributed by atoms with van der Waals surface area (Å²) < 4.78 is 13.7. The molecule has 0 aliphatic heterocycles. The van der Waals surface area contributed by atoms with Crippen molar-refractivity contribution < 1.29 is 9.18 Å². The minimum absolute atomic E-state index is 0.336. The highest BCUT2D eigenvalue weighted by Gasteiger charge is 2.21. The third-order valence-corrected chi connectivity index (χ3v) is 3.79. The molecule has 0 radical (unpaired) electrons. The molecule has 0 fully saturated rings. The van der Waals surface area contributed by atoms with Gasteiger partial charge in [0.1, 0.15) is 11.6 Å². The Labute approximate surface area is 145 Å². The Balaban J connectivity index is 1.96. The molecule has 0 saturated carbocycles. The summed E-state index contributed by atoms with van der Waals surface area (Å²) in [6.07, 6.45) is 3.13. The SMILES string of the molecule is Cc1ncc(C(=O)N[C@@H](c2cccc(F)c2)c2ccccn2)c(C)n1. The van der Waals surface area contributed by atoms with Crippen molar-refractivity contribution in [2.75, 3.05) is 0 Å². The quantitative estimate of drug-likeness (QED) is 0.795. The summed E-state index contributed by atoms with van der Waals surface area (Å²) in [5.74, 6) is -0.111. The monoisotopic (exact) mass is 336 g/mol. The molecule has 3 aromatic rings. The number of nitrogens with one attached hydrogen (secondary N) is 1. The molecule has 1 aromatic carbocycles. The summed E-state index contributed by atoms with van der Waals surface area (Å²) in [7, 11) is 0. The van der Waals surface area contributed by atoms with Crippen LogP contribution in [-0.2, 0) is 0 Å². The molecule has 3 rings (SSSR count). The van der Waals surface area contributed by atoms with Crippen LogP contribution in [0.4, 0.5) is 4.39 Å². The maximum Gasteiger partial charge on any atom is 0.255 e. The van der Waals surface area contributed by atoms with Crippen molar-refractivity contribution in [1.29, 1.82) is 0 Å². The number of hydrogen-bond donors (Lipinski definition) is 1. The van der Waals surface area contributed by atoms with E-state index in [4.69, 9.17) is 0 Å². The highest BCUT2D eigenvalue weighted by atomic mass is 19.1. The second-order valence-corrected chi connectivity index (χ2v) is 5.63. The van der Waals surface area contributed by atoms with E-state index in [0.717, 1.165) is 0 Å². The number of carbonyl (C=O) groups excluding carboxylic acids is 1. The Bertz CT molecular complexity index is 899. The van der Waals surface area contributed by atoms with Gasteiger partial charge in [-0.3, -0.25) is 9.78 Å². The summed E-state index contributed by atoms with van der Waals surface area (Å²) in [6.45, 7) is 3.51. The molecule has 126 valence electrons. The van der Waals surface area contributed by atoms with Gasteiger partial charge in [-0.25, -0.2) is 14.4 Å². The lowest BCUT2D eigenvalue weighted by atomic mass is 10.0. The summed E-state index contributed by atoms with van der Waals surface area (Å²) in [5.41, 5.74) is 2.19. The molecule has 2 heterocycles. The first kappa shape index (κ1) is 16.7. The van der Waals surface area contributed by atoms with Gasteiger partial charge >= 0.3 is 0 Å². The molecule has 0 bridgehead atoms. The average Bonchev–Trinajstić information content (AvgIpc) is 2.60. The minimum Gasteiger partial charge on any atom is -0.339 e. The van der Waals surface area contributed by atoms with Gasteiger partial charge in [0, 0.05) is 12.4 Å². The lowest BCUT2D eigenvalue weighted by Gasteiger charge is -2.19. The number of hydrogen-bond acceptors (Lipinski definition) is 4. The number of nitrogens with zero attached hydrogens (tertiary/aromatic N) is 3. The van der Waals surface area contributed by atoms with Crippen molar-refractivity contribution >= 4 is 5.91 Å². The van der Waals surface area contributed by atoms with E-state index in [-0.39, 0.29) is 11.7 Å². The Kier molecular flexibility index (Phi) is 4.79. The number of pyridine rings is 1. The third kappa shape index (κ3) is 3.85. The van der Waals surface area contributed by atoms with Gasteiger partial charge in [0.2, 0.25) is 0 Å². The molecule has 1 N–H and O–H groups in total. The number of aromatic nitrogens is 3. The Morgan fingerprint density at radius 3 is 2.64 bits per heavy atom. The highest BCUT2D eigenvalue weighted by Crippen LogP contribution is 2.22. The van der Waals surface area contributed by atoms with E-state index in [1.54, 1.807) is 44.3 Å². The van der Waals surface area contributed by atoms with Crippen LogP contribution in [0.1, 0.15) is 39.2 Å². The fourth-order valence-electron chi connectivity index (χ4n) is 2.58. The molecule has 0 spiro atoms. The predicted octanol–water partition coefficient (Wildman–Crippen LogP) is 3.15. The molecule has 5 nitrogen and oxygen atoms in total. The van der Waals surface area contributed by atoms with Crippen LogP contribution in [0.15, 0.2) is 54.9 Å². The fourth-order valence-corrected chi connectivity index (χ4v) is 2.58. The van der Waals surface area contributed by atoms with Crippen molar-refractivity contribution in [3.63, 3.8) is 0 Å². The molecule has 1 atom stereocenters. The van der Waals surface area contributed by atoms with E-state index in [1.165, 1.54) is 18.3 Å². The Hall–Kier alpha value is -3.15. The van der Waals surface area contributed by atoms with E-state index in [0.29, 0.717) is 28.3 Å². The predicted molar refractivity (Wildman–Crippen MR) is 91.5 cm³/mol. The van der Waals surface area contributed by atoms with Crippen molar-refractivity contribution in [3.05, 3.63) is 89.0 Å². The van der Waals surface area contributed by atoms with E-state index < -0.39 is 6.04 Å². The molecular formula is C19H17FN4O. The summed E-state index contributed by atoms with van der Waals surface area (Å²) in [4.78, 5) is 25.3. The minimum atomic E-state index is -0.579. The van der Waals surface area contributed by atoms with E-state index in [2.05, 4.69) is 20.3 Å². The van der Waals surface area contributed by atoms with Gasteiger partial charge < -0.3 is 5.32 Å².